The normalized spacial score (nSPS) is 11.9. The van der Waals surface area contributed by atoms with Gasteiger partial charge in [0.1, 0.15) is 5.82 Å². The van der Waals surface area contributed by atoms with Gasteiger partial charge in [0.2, 0.25) is 5.91 Å². The summed E-state index contributed by atoms with van der Waals surface area (Å²) >= 11 is 0. The minimum Gasteiger partial charge on any atom is -0.349 e. The molecule has 0 unspecified atom stereocenters. The van der Waals surface area contributed by atoms with Crippen LogP contribution in [0, 0.1) is 5.82 Å². The van der Waals surface area contributed by atoms with Crippen LogP contribution < -0.4 is 5.32 Å². The Labute approximate surface area is 111 Å². The summed E-state index contributed by atoms with van der Waals surface area (Å²) < 4.78 is 13.4. The first-order valence-corrected chi connectivity index (χ1v) is 6.09. The van der Waals surface area contributed by atoms with E-state index in [0.717, 1.165) is 5.56 Å². The second-order valence-electron chi connectivity index (χ2n) is 4.34. The zero-order chi connectivity index (χ0) is 13.7. The average molecular weight is 258 g/mol. The molecule has 0 aliphatic carbocycles. The summed E-state index contributed by atoms with van der Waals surface area (Å²) in [5.74, 6) is -0.552. The molecule has 0 bridgehead atoms. The number of amides is 1. The molecule has 0 fully saturated rings. The third-order valence-corrected chi connectivity index (χ3v) is 2.89. The van der Waals surface area contributed by atoms with Crippen LogP contribution in [0.4, 0.5) is 4.39 Å². The third-order valence-electron chi connectivity index (χ3n) is 2.89. The Morgan fingerprint density at radius 2 is 1.95 bits per heavy atom. The number of aromatic nitrogens is 1. The molecule has 98 valence electrons. The number of benzene rings is 1. The van der Waals surface area contributed by atoms with Crippen molar-refractivity contribution in [2.45, 2.75) is 19.4 Å². The van der Waals surface area contributed by atoms with Gasteiger partial charge in [0.15, 0.2) is 0 Å². The third kappa shape index (κ3) is 3.61. The van der Waals surface area contributed by atoms with E-state index in [1.54, 1.807) is 30.6 Å². The van der Waals surface area contributed by atoms with E-state index >= 15 is 0 Å². The molecule has 0 saturated carbocycles. The molecule has 0 aliphatic heterocycles. The Bertz CT molecular complexity index is 557. The van der Waals surface area contributed by atoms with Crippen molar-refractivity contribution in [1.82, 2.24) is 10.3 Å². The summed E-state index contributed by atoms with van der Waals surface area (Å²) in [7, 11) is 0. The predicted molar refractivity (Wildman–Crippen MR) is 70.9 cm³/mol. The van der Waals surface area contributed by atoms with Crippen LogP contribution in [-0.2, 0) is 11.2 Å². The molecule has 2 rings (SSSR count). The van der Waals surface area contributed by atoms with Crippen LogP contribution in [0.25, 0.3) is 0 Å². The number of carbonyl (C=O) groups excluding carboxylic acids is 1. The molecular weight excluding hydrogens is 243 g/mol. The second-order valence-corrected chi connectivity index (χ2v) is 4.34. The molecule has 4 heteroatoms. The Morgan fingerprint density at radius 1 is 1.26 bits per heavy atom. The van der Waals surface area contributed by atoms with Gasteiger partial charge in [0, 0.05) is 12.4 Å². The van der Waals surface area contributed by atoms with Crippen molar-refractivity contribution in [2.24, 2.45) is 0 Å². The van der Waals surface area contributed by atoms with Crippen LogP contribution in [0.1, 0.15) is 24.1 Å². The van der Waals surface area contributed by atoms with Crippen LogP contribution in [0.15, 0.2) is 48.8 Å². The van der Waals surface area contributed by atoms with E-state index in [1.807, 2.05) is 19.1 Å². The number of nitrogens with one attached hydrogen (secondary N) is 1. The topological polar surface area (TPSA) is 42.0 Å². The zero-order valence-electron chi connectivity index (χ0n) is 10.6. The van der Waals surface area contributed by atoms with Gasteiger partial charge < -0.3 is 5.32 Å². The molecule has 1 heterocycles. The van der Waals surface area contributed by atoms with Crippen molar-refractivity contribution in [1.29, 1.82) is 0 Å². The lowest BCUT2D eigenvalue weighted by Crippen LogP contribution is -2.28. The molecule has 0 aliphatic rings. The first kappa shape index (κ1) is 13.2. The average Bonchev–Trinajstić information content (AvgIpc) is 2.42. The first-order valence-electron chi connectivity index (χ1n) is 6.09. The van der Waals surface area contributed by atoms with Crippen LogP contribution in [-0.4, -0.2) is 10.9 Å². The van der Waals surface area contributed by atoms with Crippen molar-refractivity contribution in [3.8, 4) is 0 Å². The highest BCUT2D eigenvalue weighted by Crippen LogP contribution is 2.12. The second kappa shape index (κ2) is 6.09. The van der Waals surface area contributed by atoms with Crippen LogP contribution in [0.3, 0.4) is 0 Å². The summed E-state index contributed by atoms with van der Waals surface area (Å²) in [6.45, 7) is 1.88. The number of halogens is 1. The maximum absolute atomic E-state index is 13.4. The molecule has 0 saturated heterocycles. The van der Waals surface area contributed by atoms with E-state index < -0.39 is 0 Å². The van der Waals surface area contributed by atoms with Crippen LogP contribution >= 0.6 is 0 Å². The highest BCUT2D eigenvalue weighted by molar-refractivity contribution is 5.79. The Balaban J connectivity index is 1.97. The predicted octanol–water partition coefficient (Wildman–Crippen LogP) is 2.64. The molecule has 1 aromatic carbocycles. The van der Waals surface area contributed by atoms with Gasteiger partial charge in [-0.25, -0.2) is 4.39 Å². The van der Waals surface area contributed by atoms with Crippen LogP contribution in [0.5, 0.6) is 0 Å². The molecule has 1 amide bonds. The van der Waals surface area contributed by atoms with E-state index in [2.05, 4.69) is 10.3 Å². The zero-order valence-corrected chi connectivity index (χ0v) is 10.6. The summed E-state index contributed by atoms with van der Waals surface area (Å²) in [6, 6.07) is 9.86. The fourth-order valence-corrected chi connectivity index (χ4v) is 1.84. The van der Waals surface area contributed by atoms with Crippen molar-refractivity contribution in [2.75, 3.05) is 0 Å². The molecule has 19 heavy (non-hydrogen) atoms. The molecule has 0 radical (unpaired) electrons. The van der Waals surface area contributed by atoms with E-state index in [9.17, 15) is 9.18 Å². The number of hydrogen-bond donors (Lipinski definition) is 1. The van der Waals surface area contributed by atoms with Gasteiger partial charge in [-0.15, -0.1) is 0 Å². The highest BCUT2D eigenvalue weighted by atomic mass is 19.1. The lowest BCUT2D eigenvalue weighted by Gasteiger charge is -2.14. The summed E-state index contributed by atoms with van der Waals surface area (Å²) in [6.07, 6.45) is 3.39. The van der Waals surface area contributed by atoms with Gasteiger partial charge in [0.25, 0.3) is 0 Å². The maximum Gasteiger partial charge on any atom is 0.225 e. The number of carbonyl (C=O) groups is 1. The van der Waals surface area contributed by atoms with Crippen molar-refractivity contribution >= 4 is 5.91 Å². The lowest BCUT2D eigenvalue weighted by molar-refractivity contribution is -0.121. The summed E-state index contributed by atoms with van der Waals surface area (Å²) in [5, 5.41) is 2.84. The van der Waals surface area contributed by atoms with Gasteiger partial charge >= 0.3 is 0 Å². The molecule has 3 nitrogen and oxygen atoms in total. The maximum atomic E-state index is 13.4. The minimum absolute atomic E-state index is 0.0437. The standard InChI is InChI=1S/C15H15FN2O/c1-11(12-6-8-17-9-7-12)18-15(19)10-13-4-2-3-5-14(13)16/h2-9,11H,10H2,1H3,(H,18,19)/t11-/m1/s1. The monoisotopic (exact) mass is 258 g/mol. The number of nitrogens with zero attached hydrogens (tertiary/aromatic N) is 1. The van der Waals surface area contributed by atoms with E-state index in [-0.39, 0.29) is 24.2 Å². The molecular formula is C15H15FN2O. The molecule has 1 atom stereocenters. The summed E-state index contributed by atoms with van der Waals surface area (Å²) in [5.41, 5.74) is 1.37. The molecule has 0 spiro atoms. The van der Waals surface area contributed by atoms with Gasteiger partial charge in [-0.1, -0.05) is 18.2 Å². The van der Waals surface area contributed by atoms with E-state index in [4.69, 9.17) is 0 Å². The Hall–Kier alpha value is -2.23. The van der Waals surface area contributed by atoms with E-state index in [0.29, 0.717) is 5.56 Å². The highest BCUT2D eigenvalue weighted by Gasteiger charge is 2.11. The Morgan fingerprint density at radius 3 is 2.63 bits per heavy atom. The fraction of sp³-hybridized carbons (Fsp3) is 0.200. The first-order chi connectivity index (χ1) is 9.16. The minimum atomic E-state index is -0.353. The van der Waals surface area contributed by atoms with Crippen molar-refractivity contribution < 1.29 is 9.18 Å². The van der Waals surface area contributed by atoms with E-state index in [1.165, 1.54) is 6.07 Å². The fourth-order valence-electron chi connectivity index (χ4n) is 1.84. The Kier molecular flexibility index (Phi) is 4.23. The van der Waals surface area contributed by atoms with Gasteiger partial charge in [-0.2, -0.15) is 0 Å². The van der Waals surface area contributed by atoms with Crippen molar-refractivity contribution in [3.05, 3.63) is 65.7 Å². The smallest absolute Gasteiger partial charge is 0.225 e. The number of rotatable bonds is 4. The SMILES string of the molecule is C[C@@H](NC(=O)Cc1ccccc1F)c1ccncc1. The van der Waals surface area contributed by atoms with Gasteiger partial charge in [-0.05, 0) is 36.2 Å². The lowest BCUT2D eigenvalue weighted by atomic mass is 10.1. The molecule has 1 aromatic heterocycles. The molecule has 1 N–H and O–H groups in total. The van der Waals surface area contributed by atoms with Crippen LogP contribution in [0.2, 0.25) is 0 Å². The quantitative estimate of drug-likeness (QED) is 0.916. The largest absolute Gasteiger partial charge is 0.349 e. The van der Waals surface area contributed by atoms with Gasteiger partial charge in [-0.3, -0.25) is 9.78 Å². The molecule has 2 aromatic rings. The number of pyridine rings is 1. The van der Waals surface area contributed by atoms with Crippen molar-refractivity contribution in [3.63, 3.8) is 0 Å². The number of hydrogen-bond acceptors (Lipinski definition) is 2. The van der Waals surface area contributed by atoms with Gasteiger partial charge in [0.05, 0.1) is 12.5 Å². The summed E-state index contributed by atoms with van der Waals surface area (Å²) in [4.78, 5) is 15.8.